The lowest BCUT2D eigenvalue weighted by molar-refractivity contribution is -0.132. The molecule has 0 radical (unpaired) electrons. The van der Waals surface area contributed by atoms with Gasteiger partial charge in [0, 0.05) is 6.42 Å². The highest BCUT2D eigenvalue weighted by Crippen LogP contribution is 2.34. The molecule has 1 aliphatic carbocycles. The summed E-state index contributed by atoms with van der Waals surface area (Å²) in [7, 11) is 0. The molecule has 0 aromatic heterocycles. The van der Waals surface area contributed by atoms with Gasteiger partial charge in [0.15, 0.2) is 5.78 Å². The Morgan fingerprint density at radius 3 is 2.33 bits per heavy atom. The van der Waals surface area contributed by atoms with Gasteiger partial charge in [0.1, 0.15) is 6.10 Å². The smallest absolute Gasteiger partial charge is 0.162 e. The Hall–Kier alpha value is -0.370. The molecule has 0 aromatic carbocycles. The van der Waals surface area contributed by atoms with Crippen molar-refractivity contribution in [3.8, 4) is 0 Å². The van der Waals surface area contributed by atoms with Crippen molar-refractivity contribution in [3.63, 3.8) is 0 Å². The number of aliphatic hydroxyl groups excluding tert-OH is 1. The molecule has 2 nitrogen and oxygen atoms in total. The second-order valence-corrected chi connectivity index (χ2v) is 4.88. The van der Waals surface area contributed by atoms with Gasteiger partial charge in [-0.1, -0.05) is 20.8 Å². The van der Waals surface area contributed by atoms with Gasteiger partial charge < -0.3 is 5.11 Å². The summed E-state index contributed by atoms with van der Waals surface area (Å²) >= 11 is 0. The Morgan fingerprint density at radius 1 is 1.50 bits per heavy atom. The van der Waals surface area contributed by atoms with Crippen molar-refractivity contribution >= 4 is 5.78 Å². The Bertz CT molecular complexity index is 175. The summed E-state index contributed by atoms with van der Waals surface area (Å²) in [5.41, 5.74) is -0.300. The standard InChI is InChI=1S/C10H18O2/c1-10(2,3)9(12)8(11)6-7-4-5-7/h7,9,12H,4-6H2,1-3H3. The fourth-order valence-electron chi connectivity index (χ4n) is 1.20. The fraction of sp³-hybridized carbons (Fsp3) is 0.900. The molecule has 0 aliphatic heterocycles. The van der Waals surface area contributed by atoms with Crippen LogP contribution < -0.4 is 0 Å². The molecule has 0 amide bonds. The number of Topliss-reactive ketones (excluding diaryl/α,β-unsaturated/α-hetero) is 1. The highest BCUT2D eigenvalue weighted by atomic mass is 16.3. The molecular weight excluding hydrogens is 152 g/mol. The van der Waals surface area contributed by atoms with E-state index < -0.39 is 6.10 Å². The molecule has 1 aliphatic rings. The Morgan fingerprint density at radius 2 is 2.00 bits per heavy atom. The van der Waals surface area contributed by atoms with E-state index in [1.54, 1.807) is 0 Å². The molecule has 12 heavy (non-hydrogen) atoms. The van der Waals surface area contributed by atoms with Crippen molar-refractivity contribution < 1.29 is 9.90 Å². The molecular formula is C10H18O2. The van der Waals surface area contributed by atoms with E-state index in [2.05, 4.69) is 0 Å². The average molecular weight is 170 g/mol. The first-order chi connectivity index (χ1) is 5.41. The second-order valence-electron chi connectivity index (χ2n) is 4.88. The Labute approximate surface area is 74.0 Å². The zero-order chi connectivity index (χ0) is 9.35. The van der Waals surface area contributed by atoms with Gasteiger partial charge in [-0.05, 0) is 24.2 Å². The third-order valence-electron chi connectivity index (χ3n) is 2.31. The van der Waals surface area contributed by atoms with Crippen LogP contribution in [0.15, 0.2) is 0 Å². The van der Waals surface area contributed by atoms with Crippen molar-refractivity contribution in [2.75, 3.05) is 0 Å². The van der Waals surface area contributed by atoms with Crippen molar-refractivity contribution in [1.82, 2.24) is 0 Å². The topological polar surface area (TPSA) is 37.3 Å². The molecule has 1 fully saturated rings. The van der Waals surface area contributed by atoms with Crippen LogP contribution in [-0.4, -0.2) is 17.0 Å². The predicted octanol–water partition coefficient (Wildman–Crippen LogP) is 1.76. The Balaban J connectivity index is 2.39. The van der Waals surface area contributed by atoms with Crippen LogP contribution in [0.1, 0.15) is 40.0 Å². The molecule has 1 N–H and O–H groups in total. The summed E-state index contributed by atoms with van der Waals surface area (Å²) in [6.07, 6.45) is 2.14. The molecule has 1 unspecified atom stereocenters. The lowest BCUT2D eigenvalue weighted by Gasteiger charge is -2.24. The minimum absolute atomic E-state index is 0.0185. The van der Waals surface area contributed by atoms with E-state index in [0.717, 1.165) is 0 Å². The molecule has 0 spiro atoms. The van der Waals surface area contributed by atoms with Crippen molar-refractivity contribution in [2.24, 2.45) is 11.3 Å². The van der Waals surface area contributed by atoms with Gasteiger partial charge in [0.05, 0.1) is 0 Å². The first-order valence-corrected chi connectivity index (χ1v) is 4.62. The van der Waals surface area contributed by atoms with E-state index >= 15 is 0 Å². The molecule has 0 aromatic rings. The monoisotopic (exact) mass is 170 g/mol. The summed E-state index contributed by atoms with van der Waals surface area (Å²) in [5, 5.41) is 9.58. The maximum atomic E-state index is 11.4. The molecule has 0 heterocycles. The van der Waals surface area contributed by atoms with Crippen molar-refractivity contribution in [3.05, 3.63) is 0 Å². The SMILES string of the molecule is CC(C)(C)C(O)C(=O)CC1CC1. The van der Waals surface area contributed by atoms with Gasteiger partial charge in [-0.2, -0.15) is 0 Å². The number of aliphatic hydroxyl groups is 1. The normalized spacial score (nSPS) is 20.7. The van der Waals surface area contributed by atoms with Gasteiger partial charge in [-0.15, -0.1) is 0 Å². The molecule has 70 valence electrons. The quantitative estimate of drug-likeness (QED) is 0.700. The van der Waals surface area contributed by atoms with Gasteiger partial charge >= 0.3 is 0 Å². The van der Waals surface area contributed by atoms with Gasteiger partial charge in [0.2, 0.25) is 0 Å². The number of hydrogen-bond donors (Lipinski definition) is 1. The molecule has 1 atom stereocenters. The average Bonchev–Trinajstić information content (AvgIpc) is 2.68. The molecule has 1 saturated carbocycles. The minimum Gasteiger partial charge on any atom is -0.385 e. The van der Waals surface area contributed by atoms with Crippen LogP contribution in [0.4, 0.5) is 0 Å². The lowest BCUT2D eigenvalue weighted by Crippen LogP contribution is -2.34. The van der Waals surface area contributed by atoms with E-state index in [1.165, 1.54) is 12.8 Å². The summed E-state index contributed by atoms with van der Waals surface area (Å²) in [5.74, 6) is 0.597. The van der Waals surface area contributed by atoms with Crippen LogP contribution in [0.2, 0.25) is 0 Å². The van der Waals surface area contributed by atoms with Crippen LogP contribution in [0, 0.1) is 11.3 Å². The summed E-state index contributed by atoms with van der Waals surface area (Å²) in [4.78, 5) is 11.4. The Kier molecular flexibility index (Phi) is 2.57. The van der Waals surface area contributed by atoms with E-state index in [-0.39, 0.29) is 11.2 Å². The van der Waals surface area contributed by atoms with Crippen LogP contribution in [-0.2, 0) is 4.79 Å². The van der Waals surface area contributed by atoms with Crippen molar-refractivity contribution in [1.29, 1.82) is 0 Å². The zero-order valence-electron chi connectivity index (χ0n) is 8.13. The first-order valence-electron chi connectivity index (χ1n) is 4.62. The van der Waals surface area contributed by atoms with Gasteiger partial charge in [0.25, 0.3) is 0 Å². The minimum atomic E-state index is -0.780. The summed E-state index contributed by atoms with van der Waals surface area (Å²) in [6, 6.07) is 0. The summed E-state index contributed by atoms with van der Waals surface area (Å²) in [6.45, 7) is 5.67. The highest BCUT2D eigenvalue weighted by Gasteiger charge is 2.33. The maximum absolute atomic E-state index is 11.4. The molecule has 2 heteroatoms. The van der Waals surface area contributed by atoms with Gasteiger partial charge in [-0.25, -0.2) is 0 Å². The molecule has 0 saturated heterocycles. The lowest BCUT2D eigenvalue weighted by atomic mass is 9.85. The first kappa shape index (κ1) is 9.72. The van der Waals surface area contributed by atoms with Crippen molar-refractivity contribution in [2.45, 2.75) is 46.1 Å². The van der Waals surface area contributed by atoms with E-state index in [1.807, 2.05) is 20.8 Å². The van der Waals surface area contributed by atoms with Crippen LogP contribution in [0.5, 0.6) is 0 Å². The third-order valence-corrected chi connectivity index (χ3v) is 2.31. The zero-order valence-corrected chi connectivity index (χ0v) is 8.13. The van der Waals surface area contributed by atoms with Crippen LogP contribution in [0.3, 0.4) is 0 Å². The predicted molar refractivity (Wildman–Crippen MR) is 47.8 cm³/mol. The third kappa shape index (κ3) is 2.59. The van der Waals surface area contributed by atoms with Crippen LogP contribution in [0.25, 0.3) is 0 Å². The maximum Gasteiger partial charge on any atom is 0.162 e. The number of rotatable bonds is 3. The second kappa shape index (κ2) is 3.17. The number of hydrogen-bond acceptors (Lipinski definition) is 2. The number of carbonyl (C=O) groups excluding carboxylic acids is 1. The molecule has 0 bridgehead atoms. The van der Waals surface area contributed by atoms with Gasteiger partial charge in [-0.3, -0.25) is 4.79 Å². The van der Waals surface area contributed by atoms with E-state index in [4.69, 9.17) is 0 Å². The number of ketones is 1. The molecule has 1 rings (SSSR count). The highest BCUT2D eigenvalue weighted by molar-refractivity contribution is 5.83. The van der Waals surface area contributed by atoms with Crippen LogP contribution >= 0.6 is 0 Å². The van der Waals surface area contributed by atoms with E-state index in [0.29, 0.717) is 12.3 Å². The largest absolute Gasteiger partial charge is 0.385 e. The fourth-order valence-corrected chi connectivity index (χ4v) is 1.20. The van der Waals surface area contributed by atoms with E-state index in [9.17, 15) is 9.90 Å². The summed E-state index contributed by atoms with van der Waals surface area (Å²) < 4.78 is 0. The number of carbonyl (C=O) groups is 1.